The molecule has 0 rings (SSSR count). The van der Waals surface area contributed by atoms with Gasteiger partial charge in [-0.1, -0.05) is 6.42 Å². The Morgan fingerprint density at radius 2 is 0.283 bits per heavy atom. The third kappa shape index (κ3) is 53.4. The van der Waals surface area contributed by atoms with Crippen molar-refractivity contribution in [3.05, 3.63) is 0 Å². The molecular weight excluding hydrogens is 1670 g/mol. The molecule has 0 aromatic carbocycles. The van der Waals surface area contributed by atoms with Crippen LogP contribution in [0.2, 0.25) is 0 Å². The zero-order valence-corrected chi connectivity index (χ0v) is 73.5. The number of nitrogens with two attached hydrogens (primary N) is 11. The molecule has 47 nitrogen and oxygen atoms in total. The lowest BCUT2D eigenvalue weighted by Gasteiger charge is -2.29. The van der Waals surface area contributed by atoms with Crippen molar-refractivity contribution in [2.75, 3.05) is 65.4 Å². The standard InChI is InChI=1S/C80H150N24O23/c81-39-11-1-21-49(91)67(113)92-50(22-2-12-40-82)68(114)100-58(31-35-63(105)106)76(122)96-51(23-3-13-41-83)69(115)93-54(26-6-16-44-86)72(118)101-59(32-36-64(107)108)77(123)97-52(24-4-14-42-84)70(116)94-55(27-7-17-45-87)73(119)102-60(33-37-65(109)110)78(124)98-53(25-5-15-43-85)71(117)95-56(28-8-18-46-88)74(120)103-61(34-38-66(111)112)79(125)99-57(29-9-19-47-89)75(121)104-62(80(126)127)30-10-20-48-90/h49-62H,1-48,81-91H2,(H,92,113)(H,93,115)(H,94,116)(H,95,117)(H,96,122)(H,97,123)(H,98,124)(H,99,125)(H,100,114)(H,101,118)(H,102,119)(H,103,120)(H,104,121)(H,105,106)(H,107,108)(H,109,110)(H,111,112)(H,126,127)/t49-,50-,51-,52-,53-,54-,55-,56-,57-,58-,59-,60-,61-,62-/m0/s1. The lowest BCUT2D eigenvalue weighted by Crippen LogP contribution is -2.61. The molecule has 0 unspecified atom stereocenters. The number of carboxylic acids is 5. The number of hydrogen-bond donors (Lipinski definition) is 29. The van der Waals surface area contributed by atoms with Crippen LogP contribution in [0.3, 0.4) is 0 Å². The molecule has 0 aliphatic heterocycles. The van der Waals surface area contributed by atoms with Gasteiger partial charge in [0.25, 0.3) is 0 Å². The first-order chi connectivity index (χ1) is 60.6. The Morgan fingerprint density at radius 3 is 0.417 bits per heavy atom. The molecule has 0 heterocycles. The number of nitrogens with one attached hydrogen (secondary N) is 13. The number of carboxylic acid groups (broad SMARTS) is 5. The van der Waals surface area contributed by atoms with Crippen molar-refractivity contribution in [3.63, 3.8) is 0 Å². The second kappa shape index (κ2) is 71.0. The number of unbranched alkanes of at least 4 members (excludes halogenated alkanes) is 10. The number of hydrogen-bond acceptors (Lipinski definition) is 29. The van der Waals surface area contributed by atoms with Gasteiger partial charge in [0.05, 0.1) is 6.04 Å². The molecular formula is C80H150N24O23. The fourth-order valence-electron chi connectivity index (χ4n) is 13.2. The van der Waals surface area contributed by atoms with Crippen LogP contribution in [0.5, 0.6) is 0 Å². The highest BCUT2D eigenvalue weighted by molar-refractivity contribution is 6.00. The molecule has 0 saturated heterocycles. The normalized spacial score (nSPS) is 14.5. The number of aliphatic carboxylic acids is 5. The SMILES string of the molecule is NCCCC[C@H](NC(=O)[C@H](CCCCN)NC(=O)[C@H](CCC(=O)O)NC(=O)[C@H](CCCCN)NC(=O)[C@H](CCCCN)NC(=O)[C@H](CCC(=O)O)NC(=O)[C@H](CCCCN)NC(=O)[C@H](CCCCN)NC(=O)[C@H](CCC(=O)O)NC(=O)[C@H](CCCCN)NC(=O)[C@H](CCCCN)NC(=O)[C@H](CCC(=O)O)NC(=O)[C@H](CCCCN)NC(=O)[C@@H](N)CCCCN)C(=O)O. The molecule has 0 spiro atoms. The van der Waals surface area contributed by atoms with Gasteiger partial charge >= 0.3 is 29.8 Å². The molecule has 0 aliphatic rings. The van der Waals surface area contributed by atoms with E-state index in [-0.39, 0.29) is 194 Å². The van der Waals surface area contributed by atoms with Crippen molar-refractivity contribution in [2.24, 2.45) is 63.1 Å². The summed E-state index contributed by atoms with van der Waals surface area (Å²) in [6.07, 6.45) is -0.261. The monoisotopic (exact) mass is 1820 g/mol. The van der Waals surface area contributed by atoms with Crippen molar-refractivity contribution in [1.29, 1.82) is 0 Å². The summed E-state index contributed by atoms with van der Waals surface area (Å²) < 4.78 is 0. The minimum atomic E-state index is -1.81. The first-order valence-electron chi connectivity index (χ1n) is 44.4. The zero-order valence-electron chi connectivity index (χ0n) is 73.5. The van der Waals surface area contributed by atoms with Crippen molar-refractivity contribution < 1.29 is 112 Å². The van der Waals surface area contributed by atoms with E-state index in [1.54, 1.807) is 0 Å². The van der Waals surface area contributed by atoms with E-state index in [4.69, 9.17) is 63.1 Å². The second-order valence-corrected chi connectivity index (χ2v) is 31.3. The fraction of sp³-hybridized carbons (Fsp3) is 0.775. The predicted octanol–water partition coefficient (Wildman–Crippen LogP) is -6.55. The minimum Gasteiger partial charge on any atom is -0.481 e. The minimum absolute atomic E-state index is 0.00456. The van der Waals surface area contributed by atoms with Crippen LogP contribution in [0.4, 0.5) is 0 Å². The predicted molar refractivity (Wildman–Crippen MR) is 467 cm³/mol. The van der Waals surface area contributed by atoms with E-state index in [1.165, 1.54) is 0 Å². The molecule has 0 aromatic rings. The van der Waals surface area contributed by atoms with Gasteiger partial charge in [-0.3, -0.25) is 81.5 Å². The Labute approximate surface area is 741 Å². The van der Waals surface area contributed by atoms with Gasteiger partial charge in [0.2, 0.25) is 76.8 Å². The zero-order chi connectivity index (χ0) is 95.6. The molecule has 13 amide bonds. The number of carbonyl (C=O) groups is 18. The second-order valence-electron chi connectivity index (χ2n) is 31.3. The summed E-state index contributed by atoms with van der Waals surface area (Å²) in [4.78, 5) is 247. The van der Waals surface area contributed by atoms with E-state index in [9.17, 15) is 112 Å². The van der Waals surface area contributed by atoms with E-state index < -0.39 is 243 Å². The van der Waals surface area contributed by atoms with Gasteiger partial charge in [0, 0.05) is 25.7 Å². The molecule has 0 radical (unpaired) electrons. The first kappa shape index (κ1) is 117. The van der Waals surface area contributed by atoms with Crippen LogP contribution in [0, 0.1) is 0 Å². The fourth-order valence-corrected chi connectivity index (χ4v) is 13.2. The number of rotatable bonds is 79. The molecule has 47 heteroatoms. The van der Waals surface area contributed by atoms with E-state index in [0.29, 0.717) is 64.3 Å². The van der Waals surface area contributed by atoms with Crippen LogP contribution < -0.4 is 132 Å². The van der Waals surface area contributed by atoms with Crippen LogP contribution in [0.1, 0.15) is 244 Å². The molecule has 0 bridgehead atoms. The van der Waals surface area contributed by atoms with Gasteiger partial charge < -0.3 is 158 Å². The van der Waals surface area contributed by atoms with Gasteiger partial charge in [-0.25, -0.2) is 4.79 Å². The van der Waals surface area contributed by atoms with Crippen LogP contribution in [0.15, 0.2) is 0 Å². The highest BCUT2D eigenvalue weighted by Crippen LogP contribution is 2.17. The summed E-state index contributed by atoms with van der Waals surface area (Å²) in [5.41, 5.74) is 63.7. The molecule has 0 aliphatic carbocycles. The van der Waals surface area contributed by atoms with Crippen molar-refractivity contribution in [2.45, 2.75) is 329 Å². The largest absolute Gasteiger partial charge is 0.481 e. The average Bonchev–Trinajstić information content (AvgIpc) is 0.858. The highest BCUT2D eigenvalue weighted by Gasteiger charge is 2.39. The molecule has 0 saturated carbocycles. The van der Waals surface area contributed by atoms with Gasteiger partial charge in [-0.2, -0.15) is 0 Å². The molecule has 0 fully saturated rings. The lowest BCUT2D eigenvalue weighted by molar-refractivity contribution is -0.142. The van der Waals surface area contributed by atoms with E-state index in [1.807, 2.05) is 0 Å². The maximum absolute atomic E-state index is 14.8. The summed E-state index contributed by atoms with van der Waals surface area (Å²) in [5, 5.41) is 82.2. The van der Waals surface area contributed by atoms with Crippen LogP contribution in [-0.4, -0.2) is 282 Å². The topological polar surface area (TPSA) is 851 Å². The highest BCUT2D eigenvalue weighted by atomic mass is 16.4. The summed E-state index contributed by atoms with van der Waals surface area (Å²) >= 11 is 0. The Balaban J connectivity index is 7.65. The molecule has 728 valence electrons. The quantitative estimate of drug-likeness (QED) is 0.0252. The van der Waals surface area contributed by atoms with Crippen molar-refractivity contribution >= 4 is 107 Å². The van der Waals surface area contributed by atoms with Gasteiger partial charge in [0.15, 0.2) is 0 Å². The Morgan fingerprint density at radius 1 is 0.165 bits per heavy atom. The summed E-state index contributed by atoms with van der Waals surface area (Å²) in [6, 6.07) is -21.5. The van der Waals surface area contributed by atoms with Crippen LogP contribution in [-0.2, 0) is 86.3 Å². The van der Waals surface area contributed by atoms with E-state index >= 15 is 0 Å². The maximum Gasteiger partial charge on any atom is 0.326 e. The summed E-state index contributed by atoms with van der Waals surface area (Å²) in [7, 11) is 0. The first-order valence-corrected chi connectivity index (χ1v) is 44.4. The third-order valence-corrected chi connectivity index (χ3v) is 20.6. The van der Waals surface area contributed by atoms with Crippen LogP contribution >= 0.6 is 0 Å². The van der Waals surface area contributed by atoms with Gasteiger partial charge in [-0.05, 0) is 277 Å². The Bertz CT molecular complexity index is 3350. The van der Waals surface area contributed by atoms with Gasteiger partial charge in [-0.15, -0.1) is 0 Å². The van der Waals surface area contributed by atoms with Gasteiger partial charge in [0.1, 0.15) is 78.5 Å². The maximum atomic E-state index is 14.8. The molecule has 127 heavy (non-hydrogen) atoms. The Hall–Kier alpha value is -9.98. The molecule has 0 aromatic heterocycles. The number of amides is 13. The van der Waals surface area contributed by atoms with Crippen molar-refractivity contribution in [3.8, 4) is 0 Å². The summed E-state index contributed by atoms with van der Waals surface area (Å²) in [5.74, 6) is -20.1. The smallest absolute Gasteiger partial charge is 0.326 e. The molecule has 40 N–H and O–H groups in total. The average molecular weight is 1820 g/mol. The lowest BCUT2D eigenvalue weighted by atomic mass is 10.0. The van der Waals surface area contributed by atoms with Crippen molar-refractivity contribution in [1.82, 2.24) is 69.1 Å². The van der Waals surface area contributed by atoms with E-state index in [2.05, 4.69) is 69.1 Å². The Kier molecular flexibility index (Phi) is 65.4. The van der Waals surface area contributed by atoms with Crippen LogP contribution in [0.25, 0.3) is 0 Å². The summed E-state index contributed by atoms with van der Waals surface area (Å²) in [6.45, 7) is 1.64. The number of carbonyl (C=O) groups excluding carboxylic acids is 13. The molecule has 14 atom stereocenters. The third-order valence-electron chi connectivity index (χ3n) is 20.6. The van der Waals surface area contributed by atoms with E-state index in [0.717, 1.165) is 0 Å².